The predicted octanol–water partition coefficient (Wildman–Crippen LogP) is 4.60. The molecule has 0 saturated heterocycles. The fourth-order valence-electron chi connectivity index (χ4n) is 2.53. The number of ether oxygens (including phenoxy) is 1. The maximum Gasteiger partial charge on any atom is 0.258 e. The van der Waals surface area contributed by atoms with Crippen molar-refractivity contribution < 1.29 is 9.53 Å². The van der Waals surface area contributed by atoms with Crippen LogP contribution in [0.15, 0.2) is 42.5 Å². The lowest BCUT2D eigenvalue weighted by Crippen LogP contribution is -2.32. The standard InChI is InChI=1S/C19H22ClNO2/c1-4-18(17-10-5-13(2)11-14(17)3)21-19(22)12-23-16-8-6-15(20)7-9-16/h5-11,18H,4,12H2,1-3H3,(H,21,22). The number of carbonyl (C=O) groups excluding carboxylic acids is 1. The van der Waals surface area contributed by atoms with Crippen LogP contribution in [0.2, 0.25) is 5.02 Å². The van der Waals surface area contributed by atoms with Crippen molar-refractivity contribution in [2.75, 3.05) is 6.61 Å². The Balaban J connectivity index is 1.95. The molecule has 1 N–H and O–H groups in total. The molecule has 1 amide bonds. The highest BCUT2D eigenvalue weighted by Gasteiger charge is 2.15. The van der Waals surface area contributed by atoms with Crippen molar-refractivity contribution in [1.29, 1.82) is 0 Å². The topological polar surface area (TPSA) is 38.3 Å². The van der Waals surface area contributed by atoms with Crippen molar-refractivity contribution in [3.05, 3.63) is 64.2 Å². The van der Waals surface area contributed by atoms with Crippen molar-refractivity contribution >= 4 is 17.5 Å². The van der Waals surface area contributed by atoms with E-state index in [2.05, 4.69) is 44.3 Å². The molecular formula is C19H22ClNO2. The third-order valence-electron chi connectivity index (χ3n) is 3.73. The van der Waals surface area contributed by atoms with Crippen LogP contribution in [-0.2, 0) is 4.79 Å². The largest absolute Gasteiger partial charge is 0.484 e. The second-order valence-corrected chi connectivity index (χ2v) is 6.07. The average Bonchev–Trinajstić information content (AvgIpc) is 2.52. The van der Waals surface area contributed by atoms with Crippen molar-refractivity contribution in [1.82, 2.24) is 5.32 Å². The van der Waals surface area contributed by atoms with Gasteiger partial charge in [0, 0.05) is 5.02 Å². The van der Waals surface area contributed by atoms with Crippen LogP contribution in [0.1, 0.15) is 36.1 Å². The number of hydrogen-bond acceptors (Lipinski definition) is 2. The van der Waals surface area contributed by atoms with Crippen LogP contribution in [0.25, 0.3) is 0 Å². The third kappa shape index (κ3) is 5.00. The van der Waals surface area contributed by atoms with Gasteiger partial charge in [0.05, 0.1) is 6.04 Å². The molecule has 0 bridgehead atoms. The van der Waals surface area contributed by atoms with E-state index in [1.165, 1.54) is 11.1 Å². The predicted molar refractivity (Wildman–Crippen MR) is 94.0 cm³/mol. The Hall–Kier alpha value is -2.00. The van der Waals surface area contributed by atoms with Crippen LogP contribution in [0.5, 0.6) is 5.75 Å². The third-order valence-corrected chi connectivity index (χ3v) is 3.98. The monoisotopic (exact) mass is 331 g/mol. The minimum absolute atomic E-state index is 0.00285. The van der Waals surface area contributed by atoms with Crippen molar-refractivity contribution in [3.63, 3.8) is 0 Å². The summed E-state index contributed by atoms with van der Waals surface area (Å²) in [5.74, 6) is 0.496. The summed E-state index contributed by atoms with van der Waals surface area (Å²) in [6.45, 7) is 6.19. The van der Waals surface area contributed by atoms with Crippen LogP contribution >= 0.6 is 11.6 Å². The zero-order chi connectivity index (χ0) is 16.8. The van der Waals surface area contributed by atoms with Gasteiger partial charge in [0.15, 0.2) is 6.61 Å². The molecule has 0 saturated carbocycles. The molecule has 2 rings (SSSR count). The summed E-state index contributed by atoms with van der Waals surface area (Å²) in [6, 6.07) is 13.2. The van der Waals surface area contributed by atoms with Crippen molar-refractivity contribution in [2.24, 2.45) is 0 Å². The van der Waals surface area contributed by atoms with Gasteiger partial charge in [-0.15, -0.1) is 0 Å². The second-order valence-electron chi connectivity index (χ2n) is 5.63. The highest BCUT2D eigenvalue weighted by Crippen LogP contribution is 2.22. The van der Waals surface area contributed by atoms with Crippen LogP contribution in [0.3, 0.4) is 0 Å². The van der Waals surface area contributed by atoms with Crippen LogP contribution < -0.4 is 10.1 Å². The Morgan fingerprint density at radius 3 is 2.48 bits per heavy atom. The summed E-state index contributed by atoms with van der Waals surface area (Å²) in [5, 5.41) is 3.68. The zero-order valence-electron chi connectivity index (χ0n) is 13.7. The Morgan fingerprint density at radius 2 is 1.87 bits per heavy atom. The first-order chi connectivity index (χ1) is 11.0. The van der Waals surface area contributed by atoms with E-state index >= 15 is 0 Å². The van der Waals surface area contributed by atoms with E-state index in [9.17, 15) is 4.79 Å². The fraction of sp³-hybridized carbons (Fsp3) is 0.316. The molecule has 1 unspecified atom stereocenters. The first kappa shape index (κ1) is 17.4. The van der Waals surface area contributed by atoms with Gasteiger partial charge in [-0.3, -0.25) is 4.79 Å². The van der Waals surface area contributed by atoms with Crippen molar-refractivity contribution in [2.45, 2.75) is 33.2 Å². The Labute approximate surface area is 142 Å². The van der Waals surface area contributed by atoms with Gasteiger partial charge in [0.2, 0.25) is 0 Å². The van der Waals surface area contributed by atoms with E-state index in [-0.39, 0.29) is 18.6 Å². The highest BCUT2D eigenvalue weighted by molar-refractivity contribution is 6.30. The summed E-state index contributed by atoms with van der Waals surface area (Å²) < 4.78 is 5.48. The average molecular weight is 332 g/mol. The number of carbonyl (C=O) groups is 1. The molecule has 1 atom stereocenters. The molecule has 0 aliphatic rings. The number of nitrogens with one attached hydrogen (secondary N) is 1. The first-order valence-corrected chi connectivity index (χ1v) is 8.12. The molecule has 0 fully saturated rings. The molecule has 4 heteroatoms. The Morgan fingerprint density at radius 1 is 1.17 bits per heavy atom. The summed E-state index contributed by atoms with van der Waals surface area (Å²) in [4.78, 5) is 12.1. The van der Waals surface area contributed by atoms with Gasteiger partial charge < -0.3 is 10.1 Å². The normalized spacial score (nSPS) is 11.8. The van der Waals surface area contributed by atoms with E-state index in [0.717, 1.165) is 12.0 Å². The number of benzene rings is 2. The lowest BCUT2D eigenvalue weighted by atomic mass is 9.97. The number of halogens is 1. The molecule has 2 aromatic rings. The maximum absolute atomic E-state index is 12.1. The molecule has 0 heterocycles. The second kappa shape index (κ2) is 8.02. The van der Waals surface area contributed by atoms with Gasteiger partial charge in [-0.05, 0) is 55.7 Å². The maximum atomic E-state index is 12.1. The van der Waals surface area contributed by atoms with E-state index in [1.807, 2.05) is 0 Å². The zero-order valence-corrected chi connectivity index (χ0v) is 14.5. The SMILES string of the molecule is CCC(NC(=O)COc1ccc(Cl)cc1)c1ccc(C)cc1C. The molecule has 0 radical (unpaired) electrons. The van der Waals surface area contributed by atoms with Gasteiger partial charge >= 0.3 is 0 Å². The molecular weight excluding hydrogens is 310 g/mol. The lowest BCUT2D eigenvalue weighted by Gasteiger charge is -2.20. The van der Waals surface area contributed by atoms with Gasteiger partial charge in [-0.1, -0.05) is 42.3 Å². The highest BCUT2D eigenvalue weighted by atomic mass is 35.5. The molecule has 2 aromatic carbocycles. The quantitative estimate of drug-likeness (QED) is 0.839. The summed E-state index contributed by atoms with van der Waals surface area (Å²) in [5.41, 5.74) is 3.56. The molecule has 0 aliphatic carbocycles. The van der Waals surface area contributed by atoms with Crippen LogP contribution in [-0.4, -0.2) is 12.5 Å². The van der Waals surface area contributed by atoms with Gasteiger partial charge in [0.25, 0.3) is 5.91 Å². The number of rotatable bonds is 6. The van der Waals surface area contributed by atoms with E-state index in [1.54, 1.807) is 24.3 Å². The molecule has 23 heavy (non-hydrogen) atoms. The summed E-state index contributed by atoms with van der Waals surface area (Å²) in [7, 11) is 0. The van der Waals surface area contributed by atoms with Gasteiger partial charge in [0.1, 0.15) is 5.75 Å². The smallest absolute Gasteiger partial charge is 0.258 e. The Kier molecular flexibility index (Phi) is 6.05. The minimum Gasteiger partial charge on any atom is -0.484 e. The van der Waals surface area contributed by atoms with Gasteiger partial charge in [-0.25, -0.2) is 0 Å². The van der Waals surface area contributed by atoms with Crippen LogP contribution in [0, 0.1) is 13.8 Å². The molecule has 0 spiro atoms. The number of aryl methyl sites for hydroxylation is 2. The van der Waals surface area contributed by atoms with E-state index in [0.29, 0.717) is 10.8 Å². The first-order valence-electron chi connectivity index (χ1n) is 7.74. The molecule has 3 nitrogen and oxygen atoms in total. The Bertz CT molecular complexity index is 668. The molecule has 122 valence electrons. The fourth-order valence-corrected chi connectivity index (χ4v) is 2.66. The van der Waals surface area contributed by atoms with E-state index < -0.39 is 0 Å². The number of hydrogen-bond donors (Lipinski definition) is 1. The lowest BCUT2D eigenvalue weighted by molar-refractivity contribution is -0.123. The number of amides is 1. The van der Waals surface area contributed by atoms with Crippen LogP contribution in [0.4, 0.5) is 0 Å². The summed E-state index contributed by atoms with van der Waals surface area (Å²) in [6.07, 6.45) is 0.830. The van der Waals surface area contributed by atoms with E-state index in [4.69, 9.17) is 16.3 Å². The summed E-state index contributed by atoms with van der Waals surface area (Å²) >= 11 is 5.82. The van der Waals surface area contributed by atoms with Crippen molar-refractivity contribution in [3.8, 4) is 5.75 Å². The minimum atomic E-state index is -0.133. The molecule has 0 aromatic heterocycles. The molecule has 0 aliphatic heterocycles. The van der Waals surface area contributed by atoms with Gasteiger partial charge in [-0.2, -0.15) is 0 Å².